The van der Waals surface area contributed by atoms with E-state index in [9.17, 15) is 0 Å². The van der Waals surface area contributed by atoms with Crippen molar-refractivity contribution < 1.29 is 0 Å². The van der Waals surface area contributed by atoms with Crippen LogP contribution >= 0.6 is 11.3 Å². The van der Waals surface area contributed by atoms with Crippen LogP contribution in [0.4, 0.5) is 5.82 Å². The zero-order valence-corrected chi connectivity index (χ0v) is 10.1. The molecule has 1 N–H and O–H groups in total. The van der Waals surface area contributed by atoms with Gasteiger partial charge in [0.25, 0.3) is 0 Å². The Morgan fingerprint density at radius 3 is 2.88 bits per heavy atom. The number of thiazole rings is 1. The van der Waals surface area contributed by atoms with Gasteiger partial charge in [-0.05, 0) is 0 Å². The molecule has 0 spiro atoms. The van der Waals surface area contributed by atoms with Crippen LogP contribution in [0.5, 0.6) is 0 Å². The van der Waals surface area contributed by atoms with Gasteiger partial charge in [0.1, 0.15) is 11.9 Å². The molecule has 6 heteroatoms. The fraction of sp³-hybridized carbons (Fsp3) is 0.273. The summed E-state index contributed by atoms with van der Waals surface area (Å²) in [6, 6.07) is 1.93. The maximum Gasteiger partial charge on any atom is 0.158 e. The summed E-state index contributed by atoms with van der Waals surface area (Å²) in [6.07, 6.45) is 4.82. The Hall–Kier alpha value is -2.00. The van der Waals surface area contributed by atoms with Crippen molar-refractivity contribution in [2.45, 2.75) is 12.8 Å². The van der Waals surface area contributed by atoms with Crippen LogP contribution in [0.25, 0.3) is 0 Å². The Kier molecular flexibility index (Phi) is 3.62. The Labute approximate surface area is 103 Å². The van der Waals surface area contributed by atoms with Gasteiger partial charge in [0.2, 0.25) is 0 Å². The molecule has 5 nitrogen and oxygen atoms in total. The lowest BCUT2D eigenvalue weighted by atomic mass is 10.2. The molecule has 0 radical (unpaired) electrons. The van der Waals surface area contributed by atoms with E-state index >= 15 is 0 Å². The topological polar surface area (TPSA) is 74.5 Å². The largest absolute Gasteiger partial charge is 0.368 e. The van der Waals surface area contributed by atoms with E-state index in [1.165, 1.54) is 6.20 Å². The number of nitrogens with one attached hydrogen (secondary N) is 1. The summed E-state index contributed by atoms with van der Waals surface area (Å²) >= 11 is 1.64. The lowest BCUT2D eigenvalue weighted by Gasteiger charge is -2.09. The molecule has 0 aromatic carbocycles. The van der Waals surface area contributed by atoms with E-state index in [1.54, 1.807) is 23.7 Å². The van der Waals surface area contributed by atoms with E-state index in [-0.39, 0.29) is 0 Å². The molecule has 0 aliphatic heterocycles. The van der Waals surface area contributed by atoms with E-state index in [0.717, 1.165) is 11.6 Å². The van der Waals surface area contributed by atoms with Crippen molar-refractivity contribution in [3.8, 4) is 6.07 Å². The molecule has 1 atom stereocenters. The third-order valence-electron chi connectivity index (χ3n) is 2.23. The van der Waals surface area contributed by atoms with Crippen LogP contribution in [-0.4, -0.2) is 21.5 Å². The Morgan fingerprint density at radius 1 is 1.41 bits per heavy atom. The smallest absolute Gasteiger partial charge is 0.158 e. The molecule has 17 heavy (non-hydrogen) atoms. The van der Waals surface area contributed by atoms with Crippen LogP contribution in [0.3, 0.4) is 0 Å². The second-order valence-corrected chi connectivity index (χ2v) is 4.48. The molecule has 2 heterocycles. The van der Waals surface area contributed by atoms with Gasteiger partial charge >= 0.3 is 0 Å². The summed E-state index contributed by atoms with van der Waals surface area (Å²) in [5.74, 6) is 1.000. The van der Waals surface area contributed by atoms with Gasteiger partial charge in [-0.2, -0.15) is 5.26 Å². The minimum Gasteiger partial charge on any atom is -0.368 e. The molecule has 0 saturated heterocycles. The van der Waals surface area contributed by atoms with Crippen LogP contribution in [0, 0.1) is 11.3 Å². The minimum absolute atomic E-state index is 0.323. The standard InChI is InChI=1S/C11H11N5S/c1-8(11-13-2-3-17-11)5-15-10-7-14-9(4-12)6-16-10/h2-3,6-8H,5H2,1H3,(H,15,16). The van der Waals surface area contributed by atoms with Crippen molar-refractivity contribution in [2.24, 2.45) is 0 Å². The van der Waals surface area contributed by atoms with Gasteiger partial charge in [0, 0.05) is 24.0 Å². The Bertz CT molecular complexity index is 500. The molecular formula is C11H11N5S. The SMILES string of the molecule is CC(CNc1cnc(C#N)cn1)c1nccs1. The van der Waals surface area contributed by atoms with Gasteiger partial charge in [-0.3, -0.25) is 0 Å². The van der Waals surface area contributed by atoms with Crippen LogP contribution < -0.4 is 5.32 Å². The van der Waals surface area contributed by atoms with Crippen LogP contribution in [-0.2, 0) is 0 Å². The molecule has 0 amide bonds. The third-order valence-corrected chi connectivity index (χ3v) is 3.24. The first kappa shape index (κ1) is 11.5. The normalized spacial score (nSPS) is 11.8. The number of hydrogen-bond acceptors (Lipinski definition) is 6. The van der Waals surface area contributed by atoms with E-state index in [1.807, 2.05) is 11.4 Å². The number of aromatic nitrogens is 3. The fourth-order valence-electron chi connectivity index (χ4n) is 1.30. The van der Waals surface area contributed by atoms with Gasteiger partial charge in [0.05, 0.1) is 17.4 Å². The second-order valence-electron chi connectivity index (χ2n) is 3.55. The second kappa shape index (κ2) is 5.37. The first-order chi connectivity index (χ1) is 8.29. The Balaban J connectivity index is 1.91. The third kappa shape index (κ3) is 2.98. The average molecular weight is 245 g/mol. The lowest BCUT2D eigenvalue weighted by molar-refractivity contribution is 0.791. The van der Waals surface area contributed by atoms with Crippen LogP contribution in [0.1, 0.15) is 23.5 Å². The number of nitrogens with zero attached hydrogens (tertiary/aromatic N) is 4. The van der Waals surface area contributed by atoms with Crippen LogP contribution in [0.15, 0.2) is 24.0 Å². The van der Waals surface area contributed by atoms with E-state index in [2.05, 4.69) is 27.2 Å². The van der Waals surface area contributed by atoms with Crippen molar-refractivity contribution in [3.05, 3.63) is 34.7 Å². The van der Waals surface area contributed by atoms with Gasteiger partial charge in [-0.15, -0.1) is 11.3 Å². The van der Waals surface area contributed by atoms with Crippen molar-refractivity contribution in [3.63, 3.8) is 0 Å². The molecule has 0 aliphatic rings. The molecule has 2 aromatic heterocycles. The molecule has 86 valence electrons. The van der Waals surface area contributed by atoms with E-state index in [0.29, 0.717) is 17.4 Å². The van der Waals surface area contributed by atoms with E-state index in [4.69, 9.17) is 5.26 Å². The quantitative estimate of drug-likeness (QED) is 0.892. The summed E-state index contributed by atoms with van der Waals surface area (Å²) in [5.41, 5.74) is 0.323. The lowest BCUT2D eigenvalue weighted by Crippen LogP contribution is -2.10. The minimum atomic E-state index is 0.323. The molecule has 2 aromatic rings. The number of anilines is 1. The highest BCUT2D eigenvalue weighted by Crippen LogP contribution is 2.17. The molecule has 0 aliphatic carbocycles. The van der Waals surface area contributed by atoms with Crippen molar-refractivity contribution in [1.29, 1.82) is 5.26 Å². The molecule has 0 saturated carbocycles. The highest BCUT2D eigenvalue weighted by Gasteiger charge is 2.07. The monoisotopic (exact) mass is 245 g/mol. The summed E-state index contributed by atoms with van der Waals surface area (Å²) < 4.78 is 0. The number of nitriles is 1. The van der Waals surface area contributed by atoms with Gasteiger partial charge < -0.3 is 5.32 Å². The highest BCUT2D eigenvalue weighted by molar-refractivity contribution is 7.09. The molecule has 1 unspecified atom stereocenters. The maximum atomic E-state index is 8.59. The highest BCUT2D eigenvalue weighted by atomic mass is 32.1. The zero-order valence-electron chi connectivity index (χ0n) is 9.29. The van der Waals surface area contributed by atoms with Crippen molar-refractivity contribution in [1.82, 2.24) is 15.0 Å². The molecule has 0 bridgehead atoms. The first-order valence-corrected chi connectivity index (χ1v) is 6.03. The number of rotatable bonds is 4. The Morgan fingerprint density at radius 2 is 2.29 bits per heavy atom. The molecule has 0 fully saturated rings. The van der Waals surface area contributed by atoms with Gasteiger partial charge in [-0.1, -0.05) is 6.92 Å². The molecule has 2 rings (SSSR count). The predicted molar refractivity (Wildman–Crippen MR) is 65.8 cm³/mol. The molecular weight excluding hydrogens is 234 g/mol. The van der Waals surface area contributed by atoms with Crippen molar-refractivity contribution >= 4 is 17.2 Å². The van der Waals surface area contributed by atoms with Gasteiger partial charge in [0.15, 0.2) is 5.69 Å². The predicted octanol–water partition coefficient (Wildman–Crippen LogP) is 2.02. The summed E-state index contributed by atoms with van der Waals surface area (Å²) in [7, 11) is 0. The average Bonchev–Trinajstić information content (AvgIpc) is 2.90. The summed E-state index contributed by atoms with van der Waals surface area (Å²) in [5, 5.41) is 14.8. The summed E-state index contributed by atoms with van der Waals surface area (Å²) in [6.45, 7) is 2.84. The van der Waals surface area contributed by atoms with Gasteiger partial charge in [-0.25, -0.2) is 15.0 Å². The fourth-order valence-corrected chi connectivity index (χ4v) is 2.00. The summed E-state index contributed by atoms with van der Waals surface area (Å²) in [4.78, 5) is 12.3. The van der Waals surface area contributed by atoms with Crippen molar-refractivity contribution in [2.75, 3.05) is 11.9 Å². The van der Waals surface area contributed by atoms with Crippen LogP contribution in [0.2, 0.25) is 0 Å². The van der Waals surface area contributed by atoms with E-state index < -0.39 is 0 Å². The first-order valence-electron chi connectivity index (χ1n) is 5.15. The maximum absolute atomic E-state index is 8.59. The zero-order chi connectivity index (χ0) is 12.1. The number of hydrogen-bond donors (Lipinski definition) is 1.